The number of benzene rings is 2. The molecular weight excluding hydrogens is 400 g/mol. The molecule has 0 spiro atoms. The minimum atomic E-state index is -0.888. The zero-order chi connectivity index (χ0) is 20.7. The third-order valence-electron chi connectivity index (χ3n) is 5.88. The fourth-order valence-electron chi connectivity index (χ4n) is 4.52. The molecule has 0 N–H and O–H groups in total. The van der Waals surface area contributed by atoms with Crippen LogP contribution >= 0.6 is 11.6 Å². The van der Waals surface area contributed by atoms with E-state index in [1.165, 1.54) is 6.08 Å². The van der Waals surface area contributed by atoms with Crippen molar-refractivity contribution in [1.29, 1.82) is 0 Å². The number of halogens is 1. The average molecular weight is 419 g/mol. The zero-order valence-electron chi connectivity index (χ0n) is 16.1. The van der Waals surface area contributed by atoms with Crippen molar-refractivity contribution in [2.45, 2.75) is 12.1 Å². The summed E-state index contributed by atoms with van der Waals surface area (Å²) in [6.07, 6.45) is 5.24. The highest BCUT2D eigenvalue weighted by Gasteiger charge is 2.55. The molecule has 5 rings (SSSR count). The second kappa shape index (κ2) is 7.18. The lowest BCUT2D eigenvalue weighted by Gasteiger charge is -2.47. The van der Waals surface area contributed by atoms with Crippen molar-refractivity contribution in [3.63, 3.8) is 0 Å². The van der Waals surface area contributed by atoms with Crippen molar-refractivity contribution < 1.29 is 14.0 Å². The van der Waals surface area contributed by atoms with Gasteiger partial charge in [0.05, 0.1) is 6.26 Å². The minimum Gasteiger partial charge on any atom is -0.465 e. The molecule has 0 bridgehead atoms. The van der Waals surface area contributed by atoms with Crippen LogP contribution in [0.3, 0.4) is 0 Å². The highest BCUT2D eigenvalue weighted by Crippen LogP contribution is 2.45. The van der Waals surface area contributed by atoms with Crippen LogP contribution in [0.5, 0.6) is 0 Å². The summed E-state index contributed by atoms with van der Waals surface area (Å²) >= 11 is 6.12. The predicted octanol–water partition coefficient (Wildman–Crippen LogP) is 4.34. The minimum absolute atomic E-state index is 0.0582. The van der Waals surface area contributed by atoms with Crippen LogP contribution in [0, 0.1) is 0 Å². The molecule has 2 aromatic carbocycles. The van der Waals surface area contributed by atoms with Gasteiger partial charge < -0.3 is 14.2 Å². The molecule has 1 unspecified atom stereocenters. The molecule has 3 aromatic rings. The molecule has 0 saturated carbocycles. The molecule has 1 fully saturated rings. The van der Waals surface area contributed by atoms with Crippen molar-refractivity contribution in [2.24, 2.45) is 0 Å². The van der Waals surface area contributed by atoms with Crippen molar-refractivity contribution in [3.8, 4) is 0 Å². The maximum Gasteiger partial charge on any atom is 0.256 e. The van der Waals surface area contributed by atoms with Crippen LogP contribution in [0.1, 0.15) is 27.2 Å². The van der Waals surface area contributed by atoms with E-state index in [1.807, 2.05) is 41.3 Å². The Bertz CT molecular complexity index is 1140. The highest BCUT2D eigenvalue weighted by atomic mass is 35.5. The second-order valence-electron chi connectivity index (χ2n) is 7.45. The molecule has 150 valence electrons. The number of furan rings is 1. The largest absolute Gasteiger partial charge is 0.465 e. The summed E-state index contributed by atoms with van der Waals surface area (Å²) in [5.74, 6) is 0.373. The van der Waals surface area contributed by atoms with E-state index in [1.54, 1.807) is 41.5 Å². The first-order valence-electron chi connectivity index (χ1n) is 9.79. The number of carbonyl (C=O) groups is 2. The topological polar surface area (TPSA) is 53.8 Å². The molecule has 5 nitrogen and oxygen atoms in total. The monoisotopic (exact) mass is 418 g/mol. The van der Waals surface area contributed by atoms with Gasteiger partial charge in [-0.25, -0.2) is 0 Å². The Hall–Kier alpha value is -3.31. The molecule has 3 heterocycles. The summed E-state index contributed by atoms with van der Waals surface area (Å²) in [5, 5.41) is 0.609. The Morgan fingerprint density at radius 1 is 1.03 bits per heavy atom. The first-order valence-corrected chi connectivity index (χ1v) is 10.2. The molecule has 2 aliphatic heterocycles. The van der Waals surface area contributed by atoms with Crippen LogP contribution in [0.25, 0.3) is 6.08 Å². The second-order valence-corrected chi connectivity index (χ2v) is 7.89. The Kier molecular flexibility index (Phi) is 4.48. The zero-order valence-corrected chi connectivity index (χ0v) is 16.9. The van der Waals surface area contributed by atoms with Crippen molar-refractivity contribution in [2.75, 3.05) is 13.1 Å². The van der Waals surface area contributed by atoms with E-state index >= 15 is 0 Å². The van der Waals surface area contributed by atoms with Crippen LogP contribution < -0.4 is 0 Å². The van der Waals surface area contributed by atoms with Crippen molar-refractivity contribution >= 4 is 29.5 Å². The quantitative estimate of drug-likeness (QED) is 0.594. The lowest BCUT2D eigenvalue weighted by atomic mass is 9.83. The summed E-state index contributed by atoms with van der Waals surface area (Å²) in [4.78, 5) is 30.3. The Balaban J connectivity index is 1.62. The van der Waals surface area contributed by atoms with Gasteiger partial charge in [-0.05, 0) is 47.5 Å². The Labute approximate surface area is 179 Å². The highest BCUT2D eigenvalue weighted by molar-refractivity contribution is 6.30. The number of amides is 2. The number of carbonyl (C=O) groups excluding carboxylic acids is 2. The average Bonchev–Trinajstić information content (AvgIpc) is 3.41. The summed E-state index contributed by atoms with van der Waals surface area (Å²) in [7, 11) is 0. The molecular formula is C24H19ClN2O3. The van der Waals surface area contributed by atoms with E-state index < -0.39 is 5.66 Å². The fraction of sp³-hybridized carbons (Fsp3) is 0.167. The smallest absolute Gasteiger partial charge is 0.256 e. The number of hydrogen-bond acceptors (Lipinski definition) is 3. The third kappa shape index (κ3) is 2.85. The number of nitrogens with zero attached hydrogens (tertiary/aromatic N) is 2. The molecule has 1 saturated heterocycles. The van der Waals surface area contributed by atoms with Crippen molar-refractivity contribution in [1.82, 2.24) is 9.80 Å². The first kappa shape index (κ1) is 18.7. The molecule has 0 aliphatic carbocycles. The van der Waals surface area contributed by atoms with E-state index in [0.717, 1.165) is 11.1 Å². The van der Waals surface area contributed by atoms with Gasteiger partial charge in [-0.3, -0.25) is 9.59 Å². The van der Waals surface area contributed by atoms with Gasteiger partial charge in [0.25, 0.3) is 5.91 Å². The molecule has 0 radical (unpaired) electrons. The molecule has 2 amide bonds. The number of fused-ring (bicyclic) bond motifs is 2. The molecule has 6 heteroatoms. The van der Waals surface area contributed by atoms with Gasteiger partial charge >= 0.3 is 0 Å². The predicted molar refractivity (Wildman–Crippen MR) is 114 cm³/mol. The van der Waals surface area contributed by atoms with Gasteiger partial charge in [-0.2, -0.15) is 0 Å². The van der Waals surface area contributed by atoms with Crippen molar-refractivity contribution in [3.05, 3.63) is 100 Å². The van der Waals surface area contributed by atoms with Gasteiger partial charge in [0.2, 0.25) is 5.91 Å². The standard InChI is InChI=1S/C24H19ClN2O3/c25-19-9-7-18(8-10-19)24-16-17-4-1-2-6-21(17)23(29)27(24)14-13-26(24)22(28)12-11-20-5-3-15-30-20/h1-12,15H,13-14,16H2. The molecule has 2 aliphatic rings. The summed E-state index contributed by atoms with van der Waals surface area (Å²) < 4.78 is 5.30. The van der Waals surface area contributed by atoms with E-state index in [-0.39, 0.29) is 11.8 Å². The van der Waals surface area contributed by atoms with E-state index in [4.69, 9.17) is 16.0 Å². The maximum atomic E-state index is 13.4. The lowest BCUT2D eigenvalue weighted by Crippen LogP contribution is -2.58. The van der Waals surface area contributed by atoms with Gasteiger partial charge in [-0.15, -0.1) is 0 Å². The summed E-state index contributed by atoms with van der Waals surface area (Å²) in [6.45, 7) is 0.916. The van der Waals surface area contributed by atoms with Gasteiger partial charge in [0, 0.05) is 36.2 Å². The van der Waals surface area contributed by atoms with Crippen LogP contribution in [0.2, 0.25) is 5.02 Å². The maximum absolute atomic E-state index is 13.4. The first-order chi connectivity index (χ1) is 14.6. The van der Waals surface area contributed by atoms with Gasteiger partial charge in [-0.1, -0.05) is 41.9 Å². The Morgan fingerprint density at radius 3 is 2.60 bits per heavy atom. The van der Waals surface area contributed by atoms with Gasteiger partial charge in [0.15, 0.2) is 0 Å². The van der Waals surface area contributed by atoms with Crippen LogP contribution in [-0.4, -0.2) is 34.7 Å². The fourth-order valence-corrected chi connectivity index (χ4v) is 4.65. The van der Waals surface area contributed by atoms with E-state index in [2.05, 4.69) is 0 Å². The molecule has 1 aromatic heterocycles. The van der Waals surface area contributed by atoms with Crippen LogP contribution in [0.15, 0.2) is 77.4 Å². The van der Waals surface area contributed by atoms with Gasteiger partial charge in [0.1, 0.15) is 11.4 Å². The van der Waals surface area contributed by atoms with Crippen LogP contribution in [0.4, 0.5) is 0 Å². The number of hydrogen-bond donors (Lipinski definition) is 0. The van der Waals surface area contributed by atoms with E-state index in [0.29, 0.717) is 35.9 Å². The lowest BCUT2D eigenvalue weighted by molar-refractivity contribution is -0.133. The molecule has 1 atom stereocenters. The molecule has 30 heavy (non-hydrogen) atoms. The Morgan fingerprint density at radius 2 is 1.83 bits per heavy atom. The van der Waals surface area contributed by atoms with E-state index in [9.17, 15) is 9.59 Å². The number of rotatable bonds is 3. The SMILES string of the molecule is O=C(C=Cc1ccco1)N1CCN2C(=O)c3ccccc3CC12c1ccc(Cl)cc1. The van der Waals surface area contributed by atoms with Crippen LogP contribution in [-0.2, 0) is 16.9 Å². The summed E-state index contributed by atoms with van der Waals surface area (Å²) in [5.41, 5.74) is 1.61. The normalized spacial score (nSPS) is 20.5. The summed E-state index contributed by atoms with van der Waals surface area (Å²) in [6, 6.07) is 18.6. The third-order valence-corrected chi connectivity index (χ3v) is 6.13.